The SMILES string of the molecule is C=CCCOc1ccc(-c2ccc(C(=O)Oc3ccc(Cl)cc3)cc2)cc1. The lowest BCUT2D eigenvalue weighted by Gasteiger charge is -2.08. The van der Waals surface area contributed by atoms with E-state index in [2.05, 4.69) is 6.58 Å². The van der Waals surface area contributed by atoms with Crippen molar-refractivity contribution in [1.29, 1.82) is 0 Å². The van der Waals surface area contributed by atoms with Gasteiger partial charge in [-0.05, 0) is 66.1 Å². The monoisotopic (exact) mass is 378 g/mol. The van der Waals surface area contributed by atoms with Gasteiger partial charge in [-0.25, -0.2) is 4.79 Å². The molecule has 0 aromatic heterocycles. The molecule has 0 aliphatic rings. The topological polar surface area (TPSA) is 35.5 Å². The Balaban J connectivity index is 1.64. The van der Waals surface area contributed by atoms with Gasteiger partial charge in [0.1, 0.15) is 11.5 Å². The van der Waals surface area contributed by atoms with Crippen LogP contribution in [0.25, 0.3) is 11.1 Å². The minimum absolute atomic E-state index is 0.408. The van der Waals surface area contributed by atoms with Crippen LogP contribution in [0.2, 0.25) is 5.02 Å². The molecule has 136 valence electrons. The number of benzene rings is 3. The standard InChI is InChI=1S/C23H19ClO3/c1-2-3-16-26-21-12-8-18(9-13-21)17-4-6-19(7-5-17)23(25)27-22-14-10-20(24)11-15-22/h2,4-15H,1,3,16H2. The molecular formula is C23H19ClO3. The first-order valence-corrected chi connectivity index (χ1v) is 8.95. The zero-order valence-corrected chi connectivity index (χ0v) is 15.5. The van der Waals surface area contributed by atoms with Crippen LogP contribution in [0, 0.1) is 0 Å². The maximum Gasteiger partial charge on any atom is 0.343 e. The molecule has 0 saturated carbocycles. The van der Waals surface area contributed by atoms with E-state index in [9.17, 15) is 4.79 Å². The number of carbonyl (C=O) groups is 1. The fourth-order valence-electron chi connectivity index (χ4n) is 2.47. The Morgan fingerprint density at radius 3 is 2.00 bits per heavy atom. The van der Waals surface area contributed by atoms with Crippen LogP contribution in [0.1, 0.15) is 16.8 Å². The number of halogens is 1. The molecule has 4 heteroatoms. The first kappa shape index (κ1) is 18.7. The van der Waals surface area contributed by atoms with Crippen molar-refractivity contribution in [3.05, 3.63) is 96.0 Å². The van der Waals surface area contributed by atoms with Gasteiger partial charge in [0.2, 0.25) is 0 Å². The highest BCUT2D eigenvalue weighted by Gasteiger charge is 2.09. The van der Waals surface area contributed by atoms with Crippen molar-refractivity contribution >= 4 is 17.6 Å². The van der Waals surface area contributed by atoms with Crippen molar-refractivity contribution in [1.82, 2.24) is 0 Å². The third-order valence-corrected chi connectivity index (χ3v) is 4.18. The van der Waals surface area contributed by atoms with Gasteiger partial charge in [0.15, 0.2) is 0 Å². The first-order chi connectivity index (χ1) is 13.2. The van der Waals surface area contributed by atoms with E-state index >= 15 is 0 Å². The van der Waals surface area contributed by atoms with Crippen LogP contribution in [0.15, 0.2) is 85.5 Å². The molecule has 0 spiro atoms. The molecule has 0 unspecified atom stereocenters. The van der Waals surface area contributed by atoms with E-state index in [4.69, 9.17) is 21.1 Å². The van der Waals surface area contributed by atoms with Crippen LogP contribution in [0.3, 0.4) is 0 Å². The fraction of sp³-hybridized carbons (Fsp3) is 0.0870. The second kappa shape index (κ2) is 9.06. The molecule has 0 heterocycles. The highest BCUT2D eigenvalue weighted by Crippen LogP contribution is 2.24. The molecule has 0 bridgehead atoms. The van der Waals surface area contributed by atoms with Gasteiger partial charge < -0.3 is 9.47 Å². The highest BCUT2D eigenvalue weighted by molar-refractivity contribution is 6.30. The van der Waals surface area contributed by atoms with Crippen LogP contribution in [-0.2, 0) is 0 Å². The van der Waals surface area contributed by atoms with Crippen molar-refractivity contribution in [2.24, 2.45) is 0 Å². The lowest BCUT2D eigenvalue weighted by atomic mass is 10.0. The summed E-state index contributed by atoms with van der Waals surface area (Å²) in [4.78, 5) is 12.2. The maximum absolute atomic E-state index is 12.2. The molecule has 0 radical (unpaired) electrons. The molecule has 0 atom stereocenters. The lowest BCUT2D eigenvalue weighted by molar-refractivity contribution is 0.0735. The van der Waals surface area contributed by atoms with Crippen LogP contribution in [0.4, 0.5) is 0 Å². The van der Waals surface area contributed by atoms with Gasteiger partial charge in [0.05, 0.1) is 12.2 Å². The zero-order chi connectivity index (χ0) is 19.1. The van der Waals surface area contributed by atoms with Crippen molar-refractivity contribution in [2.75, 3.05) is 6.61 Å². The van der Waals surface area contributed by atoms with Crippen LogP contribution >= 0.6 is 11.6 Å². The third-order valence-electron chi connectivity index (χ3n) is 3.92. The van der Waals surface area contributed by atoms with Gasteiger partial charge in [-0.3, -0.25) is 0 Å². The minimum Gasteiger partial charge on any atom is -0.493 e. The smallest absolute Gasteiger partial charge is 0.343 e. The van der Waals surface area contributed by atoms with Gasteiger partial charge in [0, 0.05) is 5.02 Å². The van der Waals surface area contributed by atoms with Crippen molar-refractivity contribution < 1.29 is 14.3 Å². The molecule has 0 aliphatic heterocycles. The van der Waals surface area contributed by atoms with Crippen LogP contribution < -0.4 is 9.47 Å². The summed E-state index contributed by atoms with van der Waals surface area (Å²) in [5, 5.41) is 0.594. The molecule has 3 aromatic rings. The number of ether oxygens (including phenoxy) is 2. The summed E-state index contributed by atoms with van der Waals surface area (Å²) < 4.78 is 11.0. The quantitative estimate of drug-likeness (QED) is 0.213. The van der Waals surface area contributed by atoms with Crippen LogP contribution in [-0.4, -0.2) is 12.6 Å². The Labute approximate surface area is 163 Å². The van der Waals surface area contributed by atoms with E-state index in [0.29, 0.717) is 22.9 Å². The summed E-state index contributed by atoms with van der Waals surface area (Å²) in [7, 11) is 0. The van der Waals surface area contributed by atoms with E-state index < -0.39 is 5.97 Å². The Morgan fingerprint density at radius 1 is 0.852 bits per heavy atom. The number of hydrogen-bond donors (Lipinski definition) is 0. The molecule has 0 amide bonds. The van der Waals surface area contributed by atoms with Gasteiger partial charge in [-0.2, -0.15) is 0 Å². The fourth-order valence-corrected chi connectivity index (χ4v) is 2.60. The van der Waals surface area contributed by atoms with E-state index in [1.54, 1.807) is 36.4 Å². The summed E-state index contributed by atoms with van der Waals surface area (Å²) in [6.45, 7) is 4.29. The number of esters is 1. The Bertz CT molecular complexity index is 898. The van der Waals surface area contributed by atoms with E-state index in [0.717, 1.165) is 23.3 Å². The summed E-state index contributed by atoms with van der Waals surface area (Å²) in [5.41, 5.74) is 2.54. The lowest BCUT2D eigenvalue weighted by Crippen LogP contribution is -2.08. The molecular weight excluding hydrogens is 360 g/mol. The minimum atomic E-state index is -0.408. The molecule has 0 fully saturated rings. The highest BCUT2D eigenvalue weighted by atomic mass is 35.5. The van der Waals surface area contributed by atoms with Gasteiger partial charge in [-0.15, -0.1) is 6.58 Å². The molecule has 3 rings (SSSR count). The van der Waals surface area contributed by atoms with Crippen molar-refractivity contribution in [3.63, 3.8) is 0 Å². The van der Waals surface area contributed by atoms with Gasteiger partial charge in [0.25, 0.3) is 0 Å². The molecule has 3 nitrogen and oxygen atoms in total. The Hall–Kier alpha value is -3.04. The van der Waals surface area contributed by atoms with E-state index in [-0.39, 0.29) is 0 Å². The van der Waals surface area contributed by atoms with E-state index in [1.807, 2.05) is 42.5 Å². The number of rotatable bonds is 7. The average molecular weight is 379 g/mol. The summed E-state index contributed by atoms with van der Waals surface area (Å²) in [6.07, 6.45) is 2.64. The first-order valence-electron chi connectivity index (χ1n) is 8.57. The normalized spacial score (nSPS) is 10.3. The molecule has 0 aliphatic carbocycles. The second-order valence-electron chi connectivity index (χ2n) is 5.87. The molecule has 27 heavy (non-hydrogen) atoms. The average Bonchev–Trinajstić information content (AvgIpc) is 2.70. The third kappa shape index (κ3) is 5.22. The number of hydrogen-bond acceptors (Lipinski definition) is 3. The Kier molecular flexibility index (Phi) is 6.29. The zero-order valence-electron chi connectivity index (χ0n) is 14.7. The predicted molar refractivity (Wildman–Crippen MR) is 109 cm³/mol. The molecule has 3 aromatic carbocycles. The largest absolute Gasteiger partial charge is 0.493 e. The number of carbonyl (C=O) groups excluding carboxylic acids is 1. The Morgan fingerprint density at radius 2 is 1.41 bits per heavy atom. The summed E-state index contributed by atoms with van der Waals surface area (Å²) >= 11 is 5.83. The molecule has 0 saturated heterocycles. The van der Waals surface area contributed by atoms with Crippen molar-refractivity contribution in [3.8, 4) is 22.6 Å². The van der Waals surface area contributed by atoms with Gasteiger partial charge >= 0.3 is 5.97 Å². The van der Waals surface area contributed by atoms with Crippen LogP contribution in [0.5, 0.6) is 11.5 Å². The predicted octanol–water partition coefficient (Wildman–Crippen LogP) is 6.18. The maximum atomic E-state index is 12.2. The molecule has 0 N–H and O–H groups in total. The van der Waals surface area contributed by atoms with E-state index in [1.165, 1.54) is 0 Å². The summed E-state index contributed by atoms with van der Waals surface area (Å²) in [6, 6.07) is 21.8. The summed E-state index contributed by atoms with van der Waals surface area (Å²) in [5.74, 6) is 0.874. The van der Waals surface area contributed by atoms with Crippen molar-refractivity contribution in [2.45, 2.75) is 6.42 Å². The van der Waals surface area contributed by atoms with Gasteiger partial charge in [-0.1, -0.05) is 41.9 Å². The second-order valence-corrected chi connectivity index (χ2v) is 6.31.